The molecule has 5 nitrogen and oxygen atoms in total. The first-order chi connectivity index (χ1) is 3.91. The van der Waals surface area contributed by atoms with Crippen molar-refractivity contribution in [2.45, 2.75) is 0 Å². The Morgan fingerprint density at radius 2 is 1.22 bits per heavy atom. The molecule has 0 bridgehead atoms. The number of hydrogen-bond acceptors (Lipinski definition) is 5. The Morgan fingerprint density at radius 1 is 0.889 bits per heavy atom. The second-order valence-corrected chi connectivity index (χ2v) is 5.48. The maximum atomic E-state index is 8.65. The molecule has 0 aromatic carbocycles. The van der Waals surface area contributed by atoms with Crippen LogP contribution < -0.4 is 0 Å². The van der Waals surface area contributed by atoms with E-state index in [1.165, 1.54) is 0 Å². The molecular weight excluding hydrogens is 168 g/mol. The minimum atomic E-state index is -3.12. The van der Waals surface area contributed by atoms with Crippen LogP contribution in [0, 0.1) is 0 Å². The molecule has 1 saturated heterocycles. The highest BCUT2D eigenvalue weighted by Crippen LogP contribution is 2.63. The topological polar surface area (TPSA) is 90.2 Å². The van der Waals surface area contributed by atoms with Gasteiger partial charge in [-0.05, 0) is 0 Å². The lowest BCUT2D eigenvalue weighted by molar-refractivity contribution is 0.354. The SMILES string of the molecule is OS1(O)CCS(O)(O)O1. The van der Waals surface area contributed by atoms with Gasteiger partial charge in [0.05, 0.1) is 33.2 Å². The molecule has 7 heteroatoms. The minimum Gasteiger partial charge on any atom is -0.307 e. The molecule has 0 radical (unpaired) electrons. The summed E-state index contributed by atoms with van der Waals surface area (Å²) in [6.45, 7) is 0. The van der Waals surface area contributed by atoms with Gasteiger partial charge in [-0.1, -0.05) is 0 Å². The summed E-state index contributed by atoms with van der Waals surface area (Å²) in [7, 11) is -6.23. The third kappa shape index (κ3) is 1.97. The van der Waals surface area contributed by atoms with Gasteiger partial charge in [0.1, 0.15) is 0 Å². The van der Waals surface area contributed by atoms with Crippen molar-refractivity contribution in [1.82, 2.24) is 0 Å². The van der Waals surface area contributed by atoms with Crippen molar-refractivity contribution < 1.29 is 21.8 Å². The van der Waals surface area contributed by atoms with Crippen molar-refractivity contribution in [3.05, 3.63) is 0 Å². The lowest BCUT2D eigenvalue weighted by Crippen LogP contribution is -1.96. The molecule has 1 aliphatic heterocycles. The van der Waals surface area contributed by atoms with Crippen LogP contribution in [0.3, 0.4) is 0 Å². The van der Waals surface area contributed by atoms with Gasteiger partial charge in [-0.2, -0.15) is 3.63 Å². The predicted molar refractivity (Wildman–Crippen MR) is 36.5 cm³/mol. The fraction of sp³-hybridized carbons (Fsp3) is 1.00. The molecule has 0 saturated carbocycles. The fourth-order valence-electron chi connectivity index (χ4n) is 0.460. The van der Waals surface area contributed by atoms with Crippen molar-refractivity contribution in [3.63, 3.8) is 0 Å². The quantitative estimate of drug-likeness (QED) is 0.447. The van der Waals surface area contributed by atoms with Gasteiger partial charge < -0.3 is 18.2 Å². The average molecular weight is 176 g/mol. The standard InChI is InChI=1S/C2H8O5S2/c3-8(4)1-2-9(5,6)7-8/h3-6H,1-2H2. The highest BCUT2D eigenvalue weighted by atomic mass is 32.4. The first kappa shape index (κ1) is 7.61. The highest BCUT2D eigenvalue weighted by Gasteiger charge is 2.38. The Kier molecular flexibility index (Phi) is 1.68. The molecule has 0 aromatic rings. The summed E-state index contributed by atoms with van der Waals surface area (Å²) >= 11 is 0. The normalized spacial score (nSPS) is 37.8. The number of rotatable bonds is 0. The Balaban J connectivity index is 2.58. The van der Waals surface area contributed by atoms with E-state index in [1.54, 1.807) is 0 Å². The van der Waals surface area contributed by atoms with Crippen molar-refractivity contribution in [2.24, 2.45) is 0 Å². The van der Waals surface area contributed by atoms with E-state index in [-0.39, 0.29) is 11.5 Å². The van der Waals surface area contributed by atoms with Crippen LogP contribution in [0.2, 0.25) is 0 Å². The molecule has 9 heavy (non-hydrogen) atoms. The lowest BCUT2D eigenvalue weighted by Gasteiger charge is -2.23. The smallest absolute Gasteiger partial charge is 0.0994 e. The van der Waals surface area contributed by atoms with Crippen molar-refractivity contribution in [1.29, 1.82) is 0 Å². The Morgan fingerprint density at radius 3 is 1.33 bits per heavy atom. The zero-order valence-corrected chi connectivity index (χ0v) is 6.06. The van der Waals surface area contributed by atoms with Gasteiger partial charge in [0.2, 0.25) is 0 Å². The van der Waals surface area contributed by atoms with Crippen LogP contribution >= 0.6 is 21.7 Å². The summed E-state index contributed by atoms with van der Waals surface area (Å²) in [6.07, 6.45) is 0. The fourth-order valence-corrected chi connectivity index (χ4v) is 4.14. The first-order valence-electron chi connectivity index (χ1n) is 2.14. The summed E-state index contributed by atoms with van der Waals surface area (Å²) in [4.78, 5) is 0. The Labute approximate surface area is 55.8 Å². The largest absolute Gasteiger partial charge is 0.307 e. The van der Waals surface area contributed by atoms with Crippen LogP contribution in [-0.2, 0) is 3.63 Å². The molecule has 0 spiro atoms. The van der Waals surface area contributed by atoms with E-state index < -0.39 is 21.7 Å². The molecule has 1 heterocycles. The Bertz CT molecular complexity index is 108. The summed E-state index contributed by atoms with van der Waals surface area (Å²) in [5, 5.41) is 0. The van der Waals surface area contributed by atoms with E-state index in [2.05, 4.69) is 3.63 Å². The molecule has 0 unspecified atom stereocenters. The van der Waals surface area contributed by atoms with Gasteiger partial charge in [0, 0.05) is 0 Å². The van der Waals surface area contributed by atoms with Gasteiger partial charge in [-0.3, -0.25) is 0 Å². The van der Waals surface area contributed by atoms with Crippen LogP contribution in [0.5, 0.6) is 0 Å². The van der Waals surface area contributed by atoms with Crippen molar-refractivity contribution in [3.8, 4) is 0 Å². The molecule has 58 valence electrons. The van der Waals surface area contributed by atoms with E-state index in [1.807, 2.05) is 0 Å². The van der Waals surface area contributed by atoms with Crippen molar-refractivity contribution >= 4 is 21.7 Å². The summed E-state index contributed by atoms with van der Waals surface area (Å²) in [5.74, 6) is -0.148. The molecule has 1 fully saturated rings. The maximum absolute atomic E-state index is 8.65. The molecule has 0 atom stereocenters. The summed E-state index contributed by atoms with van der Waals surface area (Å²) < 4.78 is 38.7. The van der Waals surface area contributed by atoms with Gasteiger partial charge in [0.15, 0.2) is 0 Å². The Hall–Kier alpha value is 0.500. The predicted octanol–water partition coefficient (Wildman–Crippen LogP) is 1.35. The zero-order chi connectivity index (χ0) is 7.12. The molecule has 1 rings (SSSR count). The minimum absolute atomic E-state index is 0.0741. The summed E-state index contributed by atoms with van der Waals surface area (Å²) in [5.41, 5.74) is 0. The van der Waals surface area contributed by atoms with E-state index in [0.717, 1.165) is 0 Å². The van der Waals surface area contributed by atoms with E-state index in [9.17, 15) is 0 Å². The van der Waals surface area contributed by atoms with Crippen LogP contribution in [0.4, 0.5) is 0 Å². The average Bonchev–Trinajstić information content (AvgIpc) is 1.78. The van der Waals surface area contributed by atoms with Gasteiger partial charge in [0.25, 0.3) is 0 Å². The first-order valence-corrected chi connectivity index (χ1v) is 5.42. The molecule has 1 aliphatic rings. The van der Waals surface area contributed by atoms with Crippen LogP contribution in [-0.4, -0.2) is 29.7 Å². The molecule has 0 amide bonds. The highest BCUT2D eigenvalue weighted by molar-refractivity contribution is 8.35. The molecule has 0 aromatic heterocycles. The zero-order valence-electron chi connectivity index (χ0n) is 4.43. The monoisotopic (exact) mass is 176 g/mol. The van der Waals surface area contributed by atoms with E-state index in [0.29, 0.717) is 0 Å². The second-order valence-electron chi connectivity index (χ2n) is 1.69. The van der Waals surface area contributed by atoms with E-state index >= 15 is 0 Å². The molecule has 4 N–H and O–H groups in total. The second kappa shape index (κ2) is 1.99. The van der Waals surface area contributed by atoms with Gasteiger partial charge in [-0.15, -0.1) is 0 Å². The van der Waals surface area contributed by atoms with Crippen LogP contribution in [0.1, 0.15) is 0 Å². The summed E-state index contributed by atoms with van der Waals surface area (Å²) in [6, 6.07) is 0. The van der Waals surface area contributed by atoms with E-state index in [4.69, 9.17) is 18.2 Å². The van der Waals surface area contributed by atoms with Gasteiger partial charge in [-0.25, -0.2) is 0 Å². The number of hydrogen-bond donors (Lipinski definition) is 4. The molecular formula is C2H8O5S2. The third-order valence-corrected chi connectivity index (χ3v) is 4.31. The lowest BCUT2D eigenvalue weighted by atomic mass is 11.0. The van der Waals surface area contributed by atoms with Crippen molar-refractivity contribution in [2.75, 3.05) is 11.5 Å². The molecule has 0 aliphatic carbocycles. The van der Waals surface area contributed by atoms with Gasteiger partial charge >= 0.3 is 0 Å². The maximum Gasteiger partial charge on any atom is 0.0994 e. The van der Waals surface area contributed by atoms with Crippen LogP contribution in [0.15, 0.2) is 0 Å². The van der Waals surface area contributed by atoms with Crippen LogP contribution in [0.25, 0.3) is 0 Å². The third-order valence-electron chi connectivity index (χ3n) is 0.833.